The summed E-state index contributed by atoms with van der Waals surface area (Å²) >= 11 is 8.10. The van der Waals surface area contributed by atoms with Gasteiger partial charge in [0.15, 0.2) is 0 Å². The molecule has 21 heavy (non-hydrogen) atoms. The highest BCUT2D eigenvalue weighted by molar-refractivity contribution is 9.11. The Morgan fingerprint density at radius 3 is 2.71 bits per heavy atom. The van der Waals surface area contributed by atoms with Gasteiger partial charge in [0.25, 0.3) is 0 Å². The van der Waals surface area contributed by atoms with Crippen molar-refractivity contribution >= 4 is 59.0 Å². The number of pyridine rings is 1. The van der Waals surface area contributed by atoms with Gasteiger partial charge in [-0.05, 0) is 57.0 Å². The highest BCUT2D eigenvalue weighted by Crippen LogP contribution is 2.25. The zero-order valence-electron chi connectivity index (χ0n) is 11.1. The molecular formula is C12H13Br2N3O2S2. The van der Waals surface area contributed by atoms with Crippen LogP contribution in [-0.4, -0.2) is 19.9 Å². The number of thiophene rings is 1. The molecule has 2 aromatic heterocycles. The Kier molecular flexibility index (Phi) is 5.78. The first-order valence-electron chi connectivity index (χ1n) is 6.05. The molecule has 0 aliphatic carbocycles. The lowest BCUT2D eigenvalue weighted by molar-refractivity contribution is 0.581. The van der Waals surface area contributed by atoms with Crippen molar-refractivity contribution in [3.05, 3.63) is 37.5 Å². The Morgan fingerprint density at radius 1 is 1.33 bits per heavy atom. The Balaban J connectivity index is 2.24. The molecule has 0 fully saturated rings. The molecule has 0 aliphatic heterocycles. The van der Waals surface area contributed by atoms with Crippen molar-refractivity contribution < 1.29 is 8.42 Å². The predicted molar refractivity (Wildman–Crippen MR) is 92.1 cm³/mol. The highest BCUT2D eigenvalue weighted by atomic mass is 79.9. The van der Waals surface area contributed by atoms with Crippen molar-refractivity contribution in [2.75, 3.05) is 11.9 Å². The van der Waals surface area contributed by atoms with Gasteiger partial charge in [-0.3, -0.25) is 0 Å². The first-order chi connectivity index (χ1) is 9.92. The van der Waals surface area contributed by atoms with Gasteiger partial charge in [0.1, 0.15) is 10.7 Å². The van der Waals surface area contributed by atoms with Crippen LogP contribution in [0.25, 0.3) is 0 Å². The summed E-state index contributed by atoms with van der Waals surface area (Å²) in [6.07, 6.45) is 1.56. The first kappa shape index (κ1) is 16.9. The summed E-state index contributed by atoms with van der Waals surface area (Å²) in [6, 6.07) is 5.30. The van der Waals surface area contributed by atoms with E-state index in [1.165, 1.54) is 17.4 Å². The summed E-state index contributed by atoms with van der Waals surface area (Å²) in [5.41, 5.74) is 0. The lowest BCUT2D eigenvalue weighted by Crippen LogP contribution is -2.24. The van der Waals surface area contributed by atoms with E-state index in [9.17, 15) is 8.42 Å². The molecule has 0 unspecified atom stereocenters. The van der Waals surface area contributed by atoms with Crippen molar-refractivity contribution in [1.82, 2.24) is 9.71 Å². The number of halogens is 2. The van der Waals surface area contributed by atoms with Gasteiger partial charge in [0.05, 0.1) is 3.79 Å². The number of nitrogens with one attached hydrogen (secondary N) is 2. The van der Waals surface area contributed by atoms with Gasteiger partial charge in [-0.2, -0.15) is 0 Å². The fraction of sp³-hybridized carbons (Fsp3) is 0.250. The van der Waals surface area contributed by atoms with E-state index in [1.807, 2.05) is 19.1 Å². The lowest BCUT2D eigenvalue weighted by Gasteiger charge is -2.11. The van der Waals surface area contributed by atoms with E-state index in [0.29, 0.717) is 16.8 Å². The molecule has 2 heterocycles. The normalized spacial score (nSPS) is 11.6. The van der Waals surface area contributed by atoms with Gasteiger partial charge in [0.2, 0.25) is 10.0 Å². The largest absolute Gasteiger partial charge is 0.369 e. The minimum atomic E-state index is -3.64. The maximum absolute atomic E-state index is 12.4. The molecule has 114 valence electrons. The number of anilines is 1. The molecule has 2 N–H and O–H groups in total. The van der Waals surface area contributed by atoms with Crippen LogP contribution in [0.1, 0.15) is 11.8 Å². The molecular weight excluding hydrogens is 442 g/mol. The number of nitrogens with zero attached hydrogens (tertiary/aromatic N) is 1. The molecule has 0 spiro atoms. The Labute approximate surface area is 144 Å². The highest BCUT2D eigenvalue weighted by Gasteiger charge is 2.20. The minimum Gasteiger partial charge on any atom is -0.369 e. The van der Waals surface area contributed by atoms with Crippen LogP contribution in [0.2, 0.25) is 0 Å². The number of hydrogen-bond donors (Lipinski definition) is 2. The van der Waals surface area contributed by atoms with Crippen LogP contribution in [0.4, 0.5) is 5.82 Å². The van der Waals surface area contributed by atoms with E-state index in [2.05, 4.69) is 46.9 Å². The summed E-state index contributed by atoms with van der Waals surface area (Å²) in [5, 5.41) is 2.96. The Bertz CT molecular complexity index is 732. The van der Waals surface area contributed by atoms with Crippen molar-refractivity contribution in [2.24, 2.45) is 0 Å². The Morgan fingerprint density at radius 2 is 2.10 bits per heavy atom. The molecule has 9 heteroatoms. The van der Waals surface area contributed by atoms with Gasteiger partial charge in [-0.1, -0.05) is 0 Å². The summed E-state index contributed by atoms with van der Waals surface area (Å²) in [5.74, 6) is 0.348. The quantitative estimate of drug-likeness (QED) is 0.699. The average Bonchev–Trinajstić information content (AvgIpc) is 2.85. The number of aromatic nitrogens is 1. The smallest absolute Gasteiger partial charge is 0.244 e. The minimum absolute atomic E-state index is 0.134. The molecule has 0 saturated carbocycles. The Hall–Kier alpha value is -0.480. The van der Waals surface area contributed by atoms with Crippen molar-refractivity contribution in [3.63, 3.8) is 0 Å². The SMILES string of the molecule is CCNc1ncc(Br)cc1S(=O)(=O)NCc1ccc(Br)s1. The van der Waals surface area contributed by atoms with Gasteiger partial charge in [-0.25, -0.2) is 18.1 Å². The maximum atomic E-state index is 12.4. The molecule has 0 atom stereocenters. The summed E-state index contributed by atoms with van der Waals surface area (Å²) in [4.78, 5) is 5.17. The monoisotopic (exact) mass is 453 g/mol. The number of sulfonamides is 1. The third kappa shape index (κ3) is 4.49. The topological polar surface area (TPSA) is 71.1 Å². The van der Waals surface area contributed by atoms with Crippen LogP contribution >= 0.6 is 43.2 Å². The first-order valence-corrected chi connectivity index (χ1v) is 9.94. The average molecular weight is 455 g/mol. The van der Waals surface area contributed by atoms with Crippen LogP contribution in [0.15, 0.2) is 37.6 Å². The summed E-state index contributed by atoms with van der Waals surface area (Å²) in [7, 11) is -3.64. The van der Waals surface area contributed by atoms with E-state index in [-0.39, 0.29) is 11.4 Å². The molecule has 0 aliphatic rings. The second-order valence-corrected chi connectivity index (χ2v) is 9.26. The third-order valence-corrected chi connectivity index (χ3v) is 5.99. The van der Waals surface area contributed by atoms with Gasteiger partial charge < -0.3 is 5.32 Å². The van der Waals surface area contributed by atoms with E-state index in [1.54, 1.807) is 6.20 Å². The molecule has 0 saturated heterocycles. The summed E-state index contributed by atoms with van der Waals surface area (Å²) in [6.45, 7) is 2.72. The molecule has 5 nitrogen and oxygen atoms in total. The molecule has 2 rings (SSSR count). The van der Waals surface area contributed by atoms with Crippen molar-refractivity contribution in [1.29, 1.82) is 0 Å². The van der Waals surface area contributed by atoms with E-state index >= 15 is 0 Å². The molecule has 0 aromatic carbocycles. The molecule has 2 aromatic rings. The van der Waals surface area contributed by atoms with E-state index in [4.69, 9.17) is 0 Å². The fourth-order valence-corrected chi connectivity index (χ4v) is 4.78. The van der Waals surface area contributed by atoms with Crippen molar-refractivity contribution in [3.8, 4) is 0 Å². The fourth-order valence-electron chi connectivity index (χ4n) is 1.62. The standard InChI is InChI=1S/C12H13Br2N3O2S2/c1-2-15-12-10(5-8(13)6-16-12)21(18,19)17-7-9-3-4-11(14)20-9/h3-6,17H,2,7H2,1H3,(H,15,16). The van der Waals surface area contributed by atoms with E-state index < -0.39 is 10.0 Å². The zero-order valence-corrected chi connectivity index (χ0v) is 15.9. The predicted octanol–water partition coefficient (Wildman–Crippen LogP) is 3.58. The third-order valence-electron chi connectivity index (χ3n) is 2.52. The second kappa shape index (κ2) is 7.19. The summed E-state index contributed by atoms with van der Waals surface area (Å²) < 4.78 is 29.1. The lowest BCUT2D eigenvalue weighted by atomic mass is 10.4. The van der Waals surface area contributed by atoms with Crippen LogP contribution in [0.3, 0.4) is 0 Å². The molecule has 0 radical (unpaired) electrons. The van der Waals surface area contributed by atoms with Gasteiger partial charge >= 0.3 is 0 Å². The number of rotatable bonds is 6. The van der Waals surface area contributed by atoms with Crippen LogP contribution in [0.5, 0.6) is 0 Å². The zero-order chi connectivity index (χ0) is 15.5. The maximum Gasteiger partial charge on any atom is 0.244 e. The van der Waals surface area contributed by atoms with E-state index in [0.717, 1.165) is 8.66 Å². The van der Waals surface area contributed by atoms with Crippen LogP contribution < -0.4 is 10.0 Å². The number of hydrogen-bond acceptors (Lipinski definition) is 5. The van der Waals surface area contributed by atoms with Crippen molar-refractivity contribution in [2.45, 2.75) is 18.4 Å². The second-order valence-electron chi connectivity index (χ2n) is 4.06. The van der Waals surface area contributed by atoms with Gasteiger partial charge in [-0.15, -0.1) is 11.3 Å². The molecule has 0 amide bonds. The molecule has 0 bridgehead atoms. The van der Waals surface area contributed by atoms with Crippen LogP contribution in [-0.2, 0) is 16.6 Å². The van der Waals surface area contributed by atoms with Gasteiger partial charge in [0, 0.05) is 28.6 Å². The van der Waals surface area contributed by atoms with Crippen LogP contribution in [0, 0.1) is 0 Å².